The van der Waals surface area contributed by atoms with Crippen molar-refractivity contribution in [1.29, 1.82) is 0 Å². The molecule has 2 N–H and O–H groups in total. The number of likely N-dealkylation sites (tertiary alicyclic amines) is 3. The van der Waals surface area contributed by atoms with Crippen LogP contribution in [0.1, 0.15) is 59.3 Å². The van der Waals surface area contributed by atoms with Gasteiger partial charge in [0.05, 0.1) is 0 Å². The molecule has 0 aromatic rings. The first kappa shape index (κ1) is 20.6. The van der Waals surface area contributed by atoms with Crippen LogP contribution in [-0.4, -0.2) is 80.7 Å². The van der Waals surface area contributed by atoms with Crippen molar-refractivity contribution < 1.29 is 0 Å². The fraction of sp³-hybridized carbons (Fsp3) is 1.00. The van der Waals surface area contributed by atoms with Gasteiger partial charge < -0.3 is 20.4 Å². The molecule has 3 heterocycles. The molecule has 1 spiro atoms. The molecule has 1 aliphatic carbocycles. The lowest BCUT2D eigenvalue weighted by atomic mass is 9.70. The topological polar surface area (TPSA) is 35.7 Å². The van der Waals surface area contributed by atoms with Gasteiger partial charge in [-0.25, -0.2) is 0 Å². The van der Waals surface area contributed by atoms with Gasteiger partial charge >= 0.3 is 0 Å². The van der Waals surface area contributed by atoms with E-state index in [-0.39, 0.29) is 0 Å². The number of nitrogens with zero attached hydrogens (tertiary/aromatic N) is 3. The monoisotopic (exact) mass is 364 g/mol. The van der Waals surface area contributed by atoms with Gasteiger partial charge in [-0.15, -0.1) is 0 Å². The molecule has 4 fully saturated rings. The van der Waals surface area contributed by atoms with Crippen molar-refractivity contribution in [2.24, 2.45) is 22.0 Å². The molecular weight excluding hydrogens is 320 g/mol. The molecule has 0 bridgehead atoms. The molecule has 0 amide bonds. The van der Waals surface area contributed by atoms with Crippen LogP contribution in [-0.2, 0) is 0 Å². The van der Waals surface area contributed by atoms with Gasteiger partial charge in [-0.05, 0) is 94.5 Å². The van der Waals surface area contributed by atoms with Crippen molar-refractivity contribution in [2.75, 3.05) is 66.0 Å². The van der Waals surface area contributed by atoms with E-state index in [0.717, 1.165) is 6.54 Å². The fourth-order valence-corrected chi connectivity index (χ4v) is 5.45. The summed E-state index contributed by atoms with van der Waals surface area (Å²) in [5.41, 5.74) is 7.70. The molecule has 26 heavy (non-hydrogen) atoms. The average molecular weight is 365 g/mol. The summed E-state index contributed by atoms with van der Waals surface area (Å²) in [6.07, 6.45) is 8.32. The minimum Gasteiger partial charge on any atom is -0.330 e. The Kier molecular flexibility index (Phi) is 6.38. The largest absolute Gasteiger partial charge is 0.330 e. The second kappa shape index (κ2) is 8.06. The third-order valence-corrected chi connectivity index (χ3v) is 7.78. The lowest BCUT2D eigenvalue weighted by molar-refractivity contribution is -0.0684. The van der Waals surface area contributed by atoms with Gasteiger partial charge in [-0.2, -0.15) is 0 Å². The lowest BCUT2D eigenvalue weighted by Crippen LogP contribution is -2.62. The van der Waals surface area contributed by atoms with E-state index in [1.165, 1.54) is 90.9 Å². The normalized spacial score (nSPS) is 30.3. The second-order valence-corrected chi connectivity index (χ2v) is 10.2. The highest BCUT2D eigenvalue weighted by Crippen LogP contribution is 2.47. The summed E-state index contributed by atoms with van der Waals surface area (Å²) < 4.78 is 0. The van der Waals surface area contributed by atoms with Crippen LogP contribution >= 0.6 is 0 Å². The molecule has 4 nitrogen and oxygen atoms in total. The zero-order chi connectivity index (χ0) is 18.8. The number of rotatable bonds is 5. The minimum atomic E-state index is 0.506. The smallest absolute Gasteiger partial charge is 0.00517 e. The average Bonchev–Trinajstić information content (AvgIpc) is 3.40. The summed E-state index contributed by atoms with van der Waals surface area (Å²) in [5.74, 6) is 0. The first-order valence-corrected chi connectivity index (χ1v) is 11.3. The van der Waals surface area contributed by atoms with Gasteiger partial charge in [0.1, 0.15) is 0 Å². The van der Waals surface area contributed by atoms with Crippen molar-refractivity contribution in [3.8, 4) is 0 Å². The zero-order valence-corrected chi connectivity index (χ0v) is 18.0. The quantitative estimate of drug-likeness (QED) is 0.814. The van der Waals surface area contributed by atoms with Crippen molar-refractivity contribution in [3.05, 3.63) is 0 Å². The number of hydrogen-bond donors (Lipinski definition) is 1. The number of nitrogens with two attached hydrogens (primary N) is 1. The Morgan fingerprint density at radius 3 is 1.85 bits per heavy atom. The minimum absolute atomic E-state index is 0.506. The maximum Gasteiger partial charge on any atom is 0.00517 e. The molecule has 3 saturated heterocycles. The van der Waals surface area contributed by atoms with Crippen LogP contribution < -0.4 is 5.73 Å². The third-order valence-electron chi connectivity index (χ3n) is 7.78. The van der Waals surface area contributed by atoms with Gasteiger partial charge in [-0.3, -0.25) is 0 Å². The van der Waals surface area contributed by atoms with E-state index in [1.807, 2.05) is 13.8 Å². The van der Waals surface area contributed by atoms with Crippen molar-refractivity contribution in [1.82, 2.24) is 14.7 Å². The Bertz CT molecular complexity index is 435. The van der Waals surface area contributed by atoms with E-state index in [4.69, 9.17) is 5.73 Å². The highest BCUT2D eigenvalue weighted by Gasteiger charge is 2.47. The summed E-state index contributed by atoms with van der Waals surface area (Å²) in [4.78, 5) is 7.97. The predicted molar refractivity (Wildman–Crippen MR) is 111 cm³/mol. The molecule has 0 atom stereocenters. The van der Waals surface area contributed by atoms with Gasteiger partial charge in [-0.1, -0.05) is 20.8 Å². The molecule has 3 aliphatic heterocycles. The Morgan fingerprint density at radius 2 is 1.35 bits per heavy atom. The second-order valence-electron chi connectivity index (χ2n) is 10.2. The van der Waals surface area contributed by atoms with Crippen molar-refractivity contribution in [3.63, 3.8) is 0 Å². The van der Waals surface area contributed by atoms with Crippen LogP contribution in [0.5, 0.6) is 0 Å². The van der Waals surface area contributed by atoms with Crippen LogP contribution in [0, 0.1) is 16.2 Å². The summed E-state index contributed by atoms with van der Waals surface area (Å²) in [6.45, 7) is 18.0. The molecule has 4 heteroatoms. The van der Waals surface area contributed by atoms with Crippen LogP contribution in [0.4, 0.5) is 0 Å². The Balaban J connectivity index is 0.000000948. The molecule has 152 valence electrons. The summed E-state index contributed by atoms with van der Waals surface area (Å²) >= 11 is 0. The summed E-state index contributed by atoms with van der Waals surface area (Å²) in [6, 6.07) is 0. The van der Waals surface area contributed by atoms with E-state index in [2.05, 4.69) is 28.7 Å². The Hall–Kier alpha value is -0.160. The van der Waals surface area contributed by atoms with E-state index in [9.17, 15) is 0 Å². The molecule has 0 unspecified atom stereocenters. The molecular formula is C22H44N4. The standard InChI is InChI=1S/C20H38N4.C2H6/c1-18(5-11-23(12-6-18)15-19(13-21)3-4-19)14-24-16-20(17-24)7-9-22(2)10-8-20;1-2/h3-17,21H2,1-2H3;1-2H3. The van der Waals surface area contributed by atoms with Crippen molar-refractivity contribution >= 4 is 0 Å². The predicted octanol–water partition coefficient (Wildman–Crippen LogP) is 2.88. The van der Waals surface area contributed by atoms with Gasteiger partial charge in [0, 0.05) is 26.2 Å². The van der Waals surface area contributed by atoms with Gasteiger partial charge in [0.15, 0.2) is 0 Å². The van der Waals surface area contributed by atoms with Crippen molar-refractivity contribution in [2.45, 2.75) is 59.3 Å². The fourth-order valence-electron chi connectivity index (χ4n) is 5.45. The molecule has 1 saturated carbocycles. The lowest BCUT2D eigenvalue weighted by Gasteiger charge is -2.56. The summed E-state index contributed by atoms with van der Waals surface area (Å²) in [5, 5.41) is 0. The van der Waals surface area contributed by atoms with Gasteiger partial charge in [0.25, 0.3) is 0 Å². The SMILES string of the molecule is CC.CN1CCC2(CC1)CN(CC1(C)CCN(CC3(CN)CC3)CC1)C2. The van der Waals surface area contributed by atoms with E-state index in [0.29, 0.717) is 16.2 Å². The first-order valence-electron chi connectivity index (χ1n) is 11.3. The highest BCUT2D eigenvalue weighted by molar-refractivity contribution is 5.01. The maximum absolute atomic E-state index is 5.97. The van der Waals surface area contributed by atoms with E-state index in [1.54, 1.807) is 0 Å². The zero-order valence-electron chi connectivity index (χ0n) is 18.0. The number of hydrogen-bond acceptors (Lipinski definition) is 4. The van der Waals surface area contributed by atoms with Crippen LogP contribution in [0.3, 0.4) is 0 Å². The molecule has 4 rings (SSSR count). The number of piperidine rings is 2. The maximum atomic E-state index is 5.97. The van der Waals surface area contributed by atoms with Gasteiger partial charge in [0.2, 0.25) is 0 Å². The van der Waals surface area contributed by atoms with Crippen LogP contribution in [0.25, 0.3) is 0 Å². The third kappa shape index (κ3) is 4.63. The summed E-state index contributed by atoms with van der Waals surface area (Å²) in [7, 11) is 2.27. The molecule has 4 aliphatic rings. The van der Waals surface area contributed by atoms with E-state index >= 15 is 0 Å². The Labute approximate surface area is 162 Å². The first-order chi connectivity index (χ1) is 12.4. The van der Waals surface area contributed by atoms with Crippen LogP contribution in [0.2, 0.25) is 0 Å². The Morgan fingerprint density at radius 1 is 0.769 bits per heavy atom. The highest BCUT2D eigenvalue weighted by atomic mass is 15.2. The molecule has 0 aromatic heterocycles. The molecule has 0 radical (unpaired) electrons. The van der Waals surface area contributed by atoms with E-state index < -0.39 is 0 Å². The molecule has 0 aromatic carbocycles. The van der Waals surface area contributed by atoms with Crippen LogP contribution in [0.15, 0.2) is 0 Å².